The van der Waals surface area contributed by atoms with Gasteiger partial charge in [0.2, 0.25) is 0 Å². The van der Waals surface area contributed by atoms with E-state index in [-0.39, 0.29) is 18.1 Å². The first-order valence-electron chi connectivity index (χ1n) is 4.47. The lowest BCUT2D eigenvalue weighted by atomic mass is 10.0. The van der Waals surface area contributed by atoms with Gasteiger partial charge in [0.15, 0.2) is 0 Å². The van der Waals surface area contributed by atoms with E-state index in [4.69, 9.17) is 10.5 Å². The van der Waals surface area contributed by atoms with E-state index in [0.29, 0.717) is 0 Å². The summed E-state index contributed by atoms with van der Waals surface area (Å²) in [6.45, 7) is 0. The molecule has 2 rings (SSSR count). The molecule has 2 atom stereocenters. The molecule has 0 fully saturated rings. The second-order valence-electron chi connectivity index (χ2n) is 3.20. The SMILES string of the molecule is N[C@H](c1ccccc1)[C@@H]1C=CC(=O)O1. The third-order valence-electron chi connectivity index (χ3n) is 2.21. The van der Waals surface area contributed by atoms with E-state index in [1.807, 2.05) is 30.3 Å². The normalized spacial score (nSPS) is 22.1. The van der Waals surface area contributed by atoms with E-state index in [1.165, 1.54) is 6.08 Å². The molecule has 0 aliphatic carbocycles. The quantitative estimate of drug-likeness (QED) is 0.710. The van der Waals surface area contributed by atoms with E-state index in [0.717, 1.165) is 5.56 Å². The lowest BCUT2D eigenvalue weighted by Gasteiger charge is -2.17. The van der Waals surface area contributed by atoms with Crippen molar-refractivity contribution in [2.75, 3.05) is 0 Å². The molecular weight excluding hydrogens is 178 g/mol. The maximum absolute atomic E-state index is 10.8. The molecule has 0 aromatic heterocycles. The summed E-state index contributed by atoms with van der Waals surface area (Å²) in [4.78, 5) is 10.8. The van der Waals surface area contributed by atoms with Crippen molar-refractivity contribution < 1.29 is 9.53 Å². The van der Waals surface area contributed by atoms with E-state index in [9.17, 15) is 4.79 Å². The highest BCUT2D eigenvalue weighted by molar-refractivity contribution is 5.84. The molecule has 2 N–H and O–H groups in total. The molecule has 1 aliphatic rings. The minimum atomic E-state index is -0.329. The summed E-state index contributed by atoms with van der Waals surface area (Å²) >= 11 is 0. The average molecular weight is 189 g/mol. The number of carbonyl (C=O) groups excluding carboxylic acids is 1. The minimum Gasteiger partial charge on any atom is -0.453 e. The second-order valence-corrected chi connectivity index (χ2v) is 3.20. The van der Waals surface area contributed by atoms with Crippen LogP contribution in [0.2, 0.25) is 0 Å². The summed E-state index contributed by atoms with van der Waals surface area (Å²) < 4.78 is 5.00. The van der Waals surface area contributed by atoms with E-state index < -0.39 is 0 Å². The monoisotopic (exact) mass is 189 g/mol. The van der Waals surface area contributed by atoms with Gasteiger partial charge in [-0.05, 0) is 11.6 Å². The van der Waals surface area contributed by atoms with Gasteiger partial charge in [0.1, 0.15) is 6.10 Å². The number of nitrogens with two attached hydrogens (primary N) is 1. The zero-order valence-electron chi connectivity index (χ0n) is 7.59. The molecule has 14 heavy (non-hydrogen) atoms. The van der Waals surface area contributed by atoms with Gasteiger partial charge in [-0.25, -0.2) is 4.79 Å². The standard InChI is InChI=1S/C11H11NO2/c12-11(8-4-2-1-3-5-8)9-6-7-10(13)14-9/h1-7,9,11H,12H2/t9-,11+/m0/s1. The molecule has 1 aromatic carbocycles. The van der Waals surface area contributed by atoms with Crippen molar-refractivity contribution >= 4 is 5.97 Å². The molecule has 3 nitrogen and oxygen atoms in total. The first kappa shape index (κ1) is 8.97. The Morgan fingerprint density at radius 2 is 2.00 bits per heavy atom. The van der Waals surface area contributed by atoms with Gasteiger partial charge < -0.3 is 10.5 Å². The molecular formula is C11H11NO2. The molecule has 0 saturated carbocycles. The Hall–Kier alpha value is -1.61. The third kappa shape index (κ3) is 1.67. The maximum atomic E-state index is 10.8. The zero-order chi connectivity index (χ0) is 9.97. The first-order chi connectivity index (χ1) is 6.77. The summed E-state index contributed by atoms with van der Waals surface area (Å²) in [7, 11) is 0. The Morgan fingerprint density at radius 1 is 1.29 bits per heavy atom. The van der Waals surface area contributed by atoms with E-state index in [1.54, 1.807) is 6.08 Å². The molecule has 0 amide bonds. The predicted octanol–water partition coefficient (Wildman–Crippen LogP) is 1.17. The average Bonchev–Trinajstić information content (AvgIpc) is 2.65. The van der Waals surface area contributed by atoms with Crippen molar-refractivity contribution in [3.8, 4) is 0 Å². The van der Waals surface area contributed by atoms with Crippen LogP contribution < -0.4 is 5.73 Å². The molecule has 1 aromatic rings. The smallest absolute Gasteiger partial charge is 0.331 e. The molecule has 0 radical (unpaired) electrons. The molecule has 3 heteroatoms. The molecule has 1 heterocycles. The second kappa shape index (κ2) is 3.64. The van der Waals surface area contributed by atoms with Crippen LogP contribution in [0.3, 0.4) is 0 Å². The minimum absolute atomic E-state index is 0.279. The van der Waals surface area contributed by atoms with E-state index in [2.05, 4.69) is 0 Å². The molecule has 0 saturated heterocycles. The van der Waals surface area contributed by atoms with Crippen LogP contribution in [0.4, 0.5) is 0 Å². The highest BCUT2D eigenvalue weighted by atomic mass is 16.5. The predicted molar refractivity (Wildman–Crippen MR) is 52.4 cm³/mol. The van der Waals surface area contributed by atoms with Crippen LogP contribution in [0.25, 0.3) is 0 Å². The Bertz CT molecular complexity index is 359. The van der Waals surface area contributed by atoms with Gasteiger partial charge in [0.05, 0.1) is 6.04 Å². The summed E-state index contributed by atoms with van der Waals surface area (Å²) in [6, 6.07) is 9.31. The Balaban J connectivity index is 2.13. The Morgan fingerprint density at radius 3 is 2.57 bits per heavy atom. The summed E-state index contributed by atoms with van der Waals surface area (Å²) in [5, 5.41) is 0. The van der Waals surface area contributed by atoms with Gasteiger partial charge in [-0.3, -0.25) is 0 Å². The fraction of sp³-hybridized carbons (Fsp3) is 0.182. The number of rotatable bonds is 2. The third-order valence-corrected chi connectivity index (χ3v) is 2.21. The summed E-state index contributed by atoms with van der Waals surface area (Å²) in [5.41, 5.74) is 6.90. The first-order valence-corrected chi connectivity index (χ1v) is 4.47. The van der Waals surface area contributed by atoms with Crippen molar-refractivity contribution in [2.24, 2.45) is 5.73 Å². The largest absolute Gasteiger partial charge is 0.453 e. The Kier molecular flexibility index (Phi) is 2.33. The van der Waals surface area contributed by atoms with Crippen LogP contribution in [0.5, 0.6) is 0 Å². The van der Waals surface area contributed by atoms with Crippen molar-refractivity contribution in [3.05, 3.63) is 48.0 Å². The van der Waals surface area contributed by atoms with Gasteiger partial charge in [-0.2, -0.15) is 0 Å². The van der Waals surface area contributed by atoms with Crippen LogP contribution in [0.1, 0.15) is 11.6 Å². The number of ether oxygens (including phenoxy) is 1. The summed E-state index contributed by atoms with van der Waals surface area (Å²) in [5.74, 6) is -0.318. The van der Waals surface area contributed by atoms with Crippen LogP contribution >= 0.6 is 0 Å². The van der Waals surface area contributed by atoms with Crippen molar-refractivity contribution in [1.82, 2.24) is 0 Å². The number of hydrogen-bond donors (Lipinski definition) is 1. The number of carbonyl (C=O) groups is 1. The van der Waals surface area contributed by atoms with Gasteiger partial charge in [0, 0.05) is 6.08 Å². The van der Waals surface area contributed by atoms with Crippen LogP contribution in [0, 0.1) is 0 Å². The lowest BCUT2D eigenvalue weighted by molar-refractivity contribution is -0.139. The topological polar surface area (TPSA) is 52.3 Å². The number of esters is 1. The van der Waals surface area contributed by atoms with E-state index >= 15 is 0 Å². The highest BCUT2D eigenvalue weighted by Crippen LogP contribution is 2.20. The van der Waals surface area contributed by atoms with Gasteiger partial charge in [-0.15, -0.1) is 0 Å². The number of hydrogen-bond acceptors (Lipinski definition) is 3. The molecule has 0 spiro atoms. The maximum Gasteiger partial charge on any atom is 0.331 e. The fourth-order valence-corrected chi connectivity index (χ4v) is 1.44. The molecule has 72 valence electrons. The highest BCUT2D eigenvalue weighted by Gasteiger charge is 2.24. The number of benzene rings is 1. The molecule has 0 unspecified atom stereocenters. The van der Waals surface area contributed by atoms with Crippen molar-refractivity contribution in [3.63, 3.8) is 0 Å². The fourth-order valence-electron chi connectivity index (χ4n) is 1.44. The van der Waals surface area contributed by atoms with Gasteiger partial charge in [0.25, 0.3) is 0 Å². The van der Waals surface area contributed by atoms with Crippen LogP contribution in [-0.4, -0.2) is 12.1 Å². The number of cyclic esters (lactones) is 1. The van der Waals surface area contributed by atoms with Gasteiger partial charge in [-0.1, -0.05) is 30.3 Å². The summed E-state index contributed by atoms with van der Waals surface area (Å²) in [6.07, 6.45) is 2.78. The molecule has 1 aliphatic heterocycles. The van der Waals surface area contributed by atoms with Crippen molar-refractivity contribution in [1.29, 1.82) is 0 Å². The Labute approximate surface area is 82.2 Å². The van der Waals surface area contributed by atoms with Crippen LogP contribution in [-0.2, 0) is 9.53 Å². The van der Waals surface area contributed by atoms with Crippen LogP contribution in [0.15, 0.2) is 42.5 Å². The lowest BCUT2D eigenvalue weighted by Crippen LogP contribution is -2.25. The van der Waals surface area contributed by atoms with Crippen molar-refractivity contribution in [2.45, 2.75) is 12.1 Å². The zero-order valence-corrected chi connectivity index (χ0v) is 7.59. The molecule has 0 bridgehead atoms. The van der Waals surface area contributed by atoms with Gasteiger partial charge >= 0.3 is 5.97 Å².